The molecule has 0 saturated carbocycles. The van der Waals surface area contributed by atoms with E-state index in [0.717, 1.165) is 19.2 Å². The second-order valence-electron chi connectivity index (χ2n) is 5.41. The van der Waals surface area contributed by atoms with Crippen molar-refractivity contribution in [3.8, 4) is 0 Å². The smallest absolute Gasteiger partial charge is 0.243 e. The zero-order valence-corrected chi connectivity index (χ0v) is 12.8. The van der Waals surface area contributed by atoms with Crippen molar-refractivity contribution in [2.75, 3.05) is 26.2 Å². The minimum Gasteiger partial charge on any atom is -0.316 e. The van der Waals surface area contributed by atoms with E-state index in [1.807, 2.05) is 0 Å². The maximum atomic E-state index is 13.5. The van der Waals surface area contributed by atoms with Gasteiger partial charge in [0.2, 0.25) is 10.0 Å². The predicted octanol–water partition coefficient (Wildman–Crippen LogP) is 1.40. The average Bonchev–Trinajstić information content (AvgIpc) is 2.93. The Balaban J connectivity index is 0.00000147. The van der Waals surface area contributed by atoms with Gasteiger partial charge in [-0.3, -0.25) is 0 Å². The van der Waals surface area contributed by atoms with Crippen LogP contribution in [0, 0.1) is 24.6 Å². The zero-order chi connectivity index (χ0) is 13.6. The van der Waals surface area contributed by atoms with Crippen LogP contribution in [-0.2, 0) is 10.0 Å². The molecule has 0 radical (unpaired) electrons. The third-order valence-corrected chi connectivity index (χ3v) is 5.96. The van der Waals surface area contributed by atoms with E-state index in [1.165, 1.54) is 16.4 Å². The van der Waals surface area contributed by atoms with Crippen LogP contribution < -0.4 is 5.32 Å². The molecule has 2 atom stereocenters. The molecule has 112 valence electrons. The number of hydrogen-bond acceptors (Lipinski definition) is 3. The van der Waals surface area contributed by atoms with Gasteiger partial charge in [0.1, 0.15) is 5.82 Å². The number of fused-ring (bicyclic) bond motifs is 1. The van der Waals surface area contributed by atoms with Crippen molar-refractivity contribution in [3.05, 3.63) is 29.6 Å². The van der Waals surface area contributed by atoms with Gasteiger partial charge in [-0.05, 0) is 49.5 Å². The lowest BCUT2D eigenvalue weighted by Gasteiger charge is -2.17. The van der Waals surface area contributed by atoms with Gasteiger partial charge in [-0.1, -0.05) is 6.07 Å². The molecule has 2 fully saturated rings. The summed E-state index contributed by atoms with van der Waals surface area (Å²) in [5.74, 6) is 0.317. The molecule has 2 aliphatic rings. The van der Waals surface area contributed by atoms with Crippen LogP contribution in [0.1, 0.15) is 5.56 Å². The summed E-state index contributed by atoms with van der Waals surface area (Å²) in [6.07, 6.45) is 0. The lowest BCUT2D eigenvalue weighted by molar-refractivity contribution is 0.447. The molecule has 0 spiro atoms. The van der Waals surface area contributed by atoms with Crippen LogP contribution in [-0.4, -0.2) is 38.9 Å². The van der Waals surface area contributed by atoms with Crippen molar-refractivity contribution in [2.45, 2.75) is 11.8 Å². The molecule has 20 heavy (non-hydrogen) atoms. The molecule has 1 aromatic rings. The molecule has 0 unspecified atom stereocenters. The highest BCUT2D eigenvalue weighted by Crippen LogP contribution is 2.31. The Kier molecular flexibility index (Phi) is 4.39. The average molecular weight is 321 g/mol. The molecule has 1 aromatic carbocycles. The van der Waals surface area contributed by atoms with Crippen LogP contribution in [0.3, 0.4) is 0 Å². The molecular weight excluding hydrogens is 303 g/mol. The van der Waals surface area contributed by atoms with E-state index >= 15 is 0 Å². The second-order valence-corrected chi connectivity index (χ2v) is 7.35. The summed E-state index contributed by atoms with van der Waals surface area (Å²) in [6.45, 7) is 4.44. The summed E-state index contributed by atoms with van der Waals surface area (Å²) in [6, 6.07) is 4.12. The highest BCUT2D eigenvalue weighted by Gasteiger charge is 2.41. The molecule has 1 N–H and O–H groups in total. The van der Waals surface area contributed by atoms with E-state index in [9.17, 15) is 12.8 Å². The Morgan fingerprint density at radius 3 is 2.40 bits per heavy atom. The number of nitrogens with zero attached hydrogens (tertiary/aromatic N) is 1. The van der Waals surface area contributed by atoms with Crippen molar-refractivity contribution in [1.82, 2.24) is 9.62 Å². The summed E-state index contributed by atoms with van der Waals surface area (Å²) < 4.78 is 40.0. The van der Waals surface area contributed by atoms with Crippen molar-refractivity contribution >= 4 is 22.4 Å². The molecule has 2 saturated heterocycles. The molecule has 7 heteroatoms. The van der Waals surface area contributed by atoms with Crippen LogP contribution in [0.25, 0.3) is 0 Å². The first kappa shape index (κ1) is 15.7. The van der Waals surface area contributed by atoms with Gasteiger partial charge in [-0.2, -0.15) is 4.31 Å². The first-order valence-electron chi connectivity index (χ1n) is 6.45. The standard InChI is InChI=1S/C13H17FN2O2S.ClH/c1-9-2-3-12(4-13(9)14)19(17,18)16-7-10-5-15-6-11(10)8-16;/h2-4,10-11,15H,5-8H2,1H3;1H/t10-,11+;. The molecule has 4 nitrogen and oxygen atoms in total. The van der Waals surface area contributed by atoms with Crippen LogP contribution in [0.5, 0.6) is 0 Å². The number of nitrogens with one attached hydrogen (secondary N) is 1. The summed E-state index contributed by atoms with van der Waals surface area (Å²) >= 11 is 0. The zero-order valence-electron chi connectivity index (χ0n) is 11.2. The number of sulfonamides is 1. The van der Waals surface area contributed by atoms with Gasteiger partial charge < -0.3 is 5.32 Å². The third-order valence-electron chi connectivity index (χ3n) is 4.14. The Hall–Kier alpha value is -0.690. The number of halogens is 2. The van der Waals surface area contributed by atoms with Gasteiger partial charge in [0.05, 0.1) is 4.90 Å². The normalized spacial score (nSPS) is 26.3. The number of rotatable bonds is 2. The van der Waals surface area contributed by atoms with E-state index < -0.39 is 15.8 Å². The van der Waals surface area contributed by atoms with Gasteiger partial charge >= 0.3 is 0 Å². The van der Waals surface area contributed by atoms with Crippen molar-refractivity contribution in [1.29, 1.82) is 0 Å². The highest BCUT2D eigenvalue weighted by atomic mass is 35.5. The Bertz CT molecular complexity index is 596. The Morgan fingerprint density at radius 2 is 1.85 bits per heavy atom. The van der Waals surface area contributed by atoms with E-state index in [-0.39, 0.29) is 17.3 Å². The number of benzene rings is 1. The quantitative estimate of drug-likeness (QED) is 0.896. The summed E-state index contributed by atoms with van der Waals surface area (Å²) in [5, 5.41) is 3.27. The minimum absolute atomic E-state index is 0. The SMILES string of the molecule is Cc1ccc(S(=O)(=O)N2C[C@H]3CNC[C@H]3C2)cc1F.Cl. The Labute approximate surface area is 124 Å². The lowest BCUT2D eigenvalue weighted by Crippen LogP contribution is -2.32. The monoisotopic (exact) mass is 320 g/mol. The van der Waals surface area contributed by atoms with Crippen LogP contribution in [0.15, 0.2) is 23.1 Å². The fraction of sp³-hybridized carbons (Fsp3) is 0.538. The summed E-state index contributed by atoms with van der Waals surface area (Å²) in [5.41, 5.74) is 0.460. The molecule has 0 aliphatic carbocycles. The third kappa shape index (κ3) is 2.57. The van der Waals surface area contributed by atoms with E-state index in [0.29, 0.717) is 30.5 Å². The van der Waals surface area contributed by atoms with Gasteiger partial charge in [0, 0.05) is 13.1 Å². The molecule has 2 aliphatic heterocycles. The Morgan fingerprint density at radius 1 is 1.25 bits per heavy atom. The first-order chi connectivity index (χ1) is 8.98. The summed E-state index contributed by atoms with van der Waals surface area (Å²) in [4.78, 5) is 0.0588. The van der Waals surface area contributed by atoms with Crippen molar-refractivity contribution in [2.24, 2.45) is 11.8 Å². The first-order valence-corrected chi connectivity index (χ1v) is 7.89. The van der Waals surface area contributed by atoms with Crippen molar-refractivity contribution in [3.63, 3.8) is 0 Å². The fourth-order valence-electron chi connectivity index (χ4n) is 2.89. The van der Waals surface area contributed by atoms with Gasteiger partial charge in [0.15, 0.2) is 0 Å². The molecule has 2 heterocycles. The molecular formula is C13H18ClFN2O2S. The van der Waals surface area contributed by atoms with E-state index in [2.05, 4.69) is 5.32 Å². The fourth-order valence-corrected chi connectivity index (χ4v) is 4.46. The number of aryl methyl sites for hydroxylation is 1. The maximum absolute atomic E-state index is 13.5. The second kappa shape index (κ2) is 5.60. The van der Waals surface area contributed by atoms with Crippen LogP contribution >= 0.6 is 12.4 Å². The van der Waals surface area contributed by atoms with Crippen molar-refractivity contribution < 1.29 is 12.8 Å². The van der Waals surface area contributed by atoms with Gasteiger partial charge in [-0.25, -0.2) is 12.8 Å². The van der Waals surface area contributed by atoms with Gasteiger partial charge in [-0.15, -0.1) is 12.4 Å². The molecule has 0 amide bonds. The van der Waals surface area contributed by atoms with E-state index in [1.54, 1.807) is 6.92 Å². The van der Waals surface area contributed by atoms with Crippen LogP contribution in [0.4, 0.5) is 4.39 Å². The molecule has 0 bridgehead atoms. The molecule has 0 aromatic heterocycles. The lowest BCUT2D eigenvalue weighted by atomic mass is 10.0. The number of hydrogen-bond donors (Lipinski definition) is 1. The maximum Gasteiger partial charge on any atom is 0.243 e. The highest BCUT2D eigenvalue weighted by molar-refractivity contribution is 7.89. The topological polar surface area (TPSA) is 49.4 Å². The van der Waals surface area contributed by atoms with Gasteiger partial charge in [0.25, 0.3) is 0 Å². The van der Waals surface area contributed by atoms with Crippen LogP contribution in [0.2, 0.25) is 0 Å². The predicted molar refractivity (Wildman–Crippen MR) is 77.0 cm³/mol. The van der Waals surface area contributed by atoms with E-state index in [4.69, 9.17) is 0 Å². The minimum atomic E-state index is -3.55. The summed E-state index contributed by atoms with van der Waals surface area (Å²) in [7, 11) is -3.55. The molecule has 3 rings (SSSR count). The largest absolute Gasteiger partial charge is 0.316 e.